The second-order valence-electron chi connectivity index (χ2n) is 5.66. The van der Waals surface area contributed by atoms with Crippen LogP contribution in [0.15, 0.2) is 63.4 Å². The van der Waals surface area contributed by atoms with Gasteiger partial charge < -0.3 is 9.47 Å². The lowest BCUT2D eigenvalue weighted by atomic mass is 10.2. The van der Waals surface area contributed by atoms with Crippen LogP contribution < -0.4 is 15.0 Å². The molecule has 0 aliphatic carbocycles. The van der Waals surface area contributed by atoms with Gasteiger partial charge in [0.25, 0.3) is 5.56 Å². The average Bonchev–Trinajstić information content (AvgIpc) is 2.67. The van der Waals surface area contributed by atoms with E-state index in [0.717, 1.165) is 4.47 Å². The van der Waals surface area contributed by atoms with Crippen molar-refractivity contribution in [2.75, 3.05) is 13.7 Å². The Bertz CT molecular complexity index is 1090. The molecule has 7 heteroatoms. The van der Waals surface area contributed by atoms with Gasteiger partial charge in [0.05, 0.1) is 24.2 Å². The normalized spacial score (nSPS) is 11.1. The van der Waals surface area contributed by atoms with Gasteiger partial charge in [0.2, 0.25) is 0 Å². The lowest BCUT2D eigenvalue weighted by Crippen LogP contribution is -2.20. The van der Waals surface area contributed by atoms with Gasteiger partial charge in [0.15, 0.2) is 11.5 Å². The average molecular weight is 428 g/mol. The van der Waals surface area contributed by atoms with Crippen LogP contribution in [0.2, 0.25) is 0 Å². The van der Waals surface area contributed by atoms with Crippen molar-refractivity contribution >= 4 is 33.0 Å². The number of para-hydroxylation sites is 1. The van der Waals surface area contributed by atoms with E-state index in [9.17, 15) is 4.79 Å². The molecule has 1 heterocycles. The first-order valence-electron chi connectivity index (χ1n) is 8.19. The summed E-state index contributed by atoms with van der Waals surface area (Å²) in [6.45, 7) is 5.72. The fourth-order valence-corrected chi connectivity index (χ4v) is 2.97. The highest BCUT2D eigenvalue weighted by Gasteiger charge is 2.11. The van der Waals surface area contributed by atoms with Gasteiger partial charge in [-0.3, -0.25) is 4.79 Å². The van der Waals surface area contributed by atoms with Gasteiger partial charge >= 0.3 is 0 Å². The zero-order valence-electron chi connectivity index (χ0n) is 15.0. The van der Waals surface area contributed by atoms with Crippen LogP contribution >= 0.6 is 15.9 Å². The largest absolute Gasteiger partial charge is 0.493 e. The molecule has 27 heavy (non-hydrogen) atoms. The number of rotatable bonds is 6. The number of hydrogen-bond acceptors (Lipinski definition) is 5. The van der Waals surface area contributed by atoms with Gasteiger partial charge in [-0.2, -0.15) is 9.78 Å². The highest BCUT2D eigenvalue weighted by atomic mass is 79.9. The third kappa shape index (κ3) is 3.93. The number of ether oxygens (including phenoxy) is 2. The zero-order valence-corrected chi connectivity index (χ0v) is 16.6. The summed E-state index contributed by atoms with van der Waals surface area (Å²) >= 11 is 3.38. The number of hydrogen-bond donors (Lipinski definition) is 0. The van der Waals surface area contributed by atoms with Crippen LogP contribution in [0.5, 0.6) is 11.5 Å². The van der Waals surface area contributed by atoms with Crippen LogP contribution in [-0.2, 0) is 0 Å². The molecular formula is C20H18BrN3O3. The summed E-state index contributed by atoms with van der Waals surface area (Å²) in [5.74, 6) is 1.60. The van der Waals surface area contributed by atoms with E-state index in [-0.39, 0.29) is 5.56 Å². The molecule has 0 atom stereocenters. The van der Waals surface area contributed by atoms with Gasteiger partial charge in [0.1, 0.15) is 12.4 Å². The molecule has 0 N–H and O–H groups in total. The molecule has 3 rings (SSSR count). The monoisotopic (exact) mass is 427 g/mol. The van der Waals surface area contributed by atoms with Crippen molar-refractivity contribution < 1.29 is 9.47 Å². The summed E-state index contributed by atoms with van der Waals surface area (Å²) < 4.78 is 13.1. The molecule has 0 radical (unpaired) electrons. The van der Waals surface area contributed by atoms with E-state index >= 15 is 0 Å². The first kappa shape index (κ1) is 18.8. The molecule has 6 nitrogen and oxygen atoms in total. The maximum Gasteiger partial charge on any atom is 0.282 e. The van der Waals surface area contributed by atoms with Crippen LogP contribution in [-0.4, -0.2) is 29.6 Å². The standard InChI is InChI=1S/C20H18BrN3O3/c1-4-10-27-19-14(6-5-7-18(19)26-3)12-22-24-13(2)23-17-9-8-15(21)11-16(17)20(24)25/h4-9,11-12H,1,10H2,2-3H3. The van der Waals surface area contributed by atoms with Crippen molar-refractivity contribution in [1.82, 2.24) is 9.66 Å². The topological polar surface area (TPSA) is 65.7 Å². The van der Waals surface area contributed by atoms with E-state index in [0.29, 0.717) is 40.4 Å². The number of benzene rings is 2. The van der Waals surface area contributed by atoms with E-state index in [1.807, 2.05) is 18.2 Å². The van der Waals surface area contributed by atoms with Gasteiger partial charge in [0, 0.05) is 10.0 Å². The Balaban J connectivity index is 2.09. The maximum absolute atomic E-state index is 12.8. The van der Waals surface area contributed by atoms with Crippen LogP contribution in [0.1, 0.15) is 11.4 Å². The molecule has 0 saturated heterocycles. The second kappa shape index (κ2) is 8.18. The minimum atomic E-state index is -0.244. The summed E-state index contributed by atoms with van der Waals surface area (Å²) in [5.41, 5.74) is 1.06. The summed E-state index contributed by atoms with van der Waals surface area (Å²) in [6, 6.07) is 10.8. The molecule has 0 aliphatic heterocycles. The molecular weight excluding hydrogens is 410 g/mol. The lowest BCUT2D eigenvalue weighted by molar-refractivity contribution is 0.326. The number of halogens is 1. The number of nitrogens with zero attached hydrogens (tertiary/aromatic N) is 3. The van der Waals surface area contributed by atoms with E-state index in [1.54, 1.807) is 44.5 Å². The Morgan fingerprint density at radius 3 is 2.89 bits per heavy atom. The summed E-state index contributed by atoms with van der Waals surface area (Å²) in [4.78, 5) is 17.3. The molecule has 0 fully saturated rings. The number of aromatic nitrogens is 2. The van der Waals surface area contributed by atoms with Crippen molar-refractivity contribution in [3.8, 4) is 11.5 Å². The molecule has 138 valence electrons. The summed E-state index contributed by atoms with van der Waals surface area (Å²) in [6.07, 6.45) is 3.20. The Morgan fingerprint density at radius 1 is 1.33 bits per heavy atom. The minimum Gasteiger partial charge on any atom is -0.493 e. The Hall–Kier alpha value is -2.93. The SMILES string of the molecule is C=CCOc1c(C=Nn2c(C)nc3ccc(Br)cc3c2=O)cccc1OC. The molecule has 0 bridgehead atoms. The minimum absolute atomic E-state index is 0.244. The first-order valence-corrected chi connectivity index (χ1v) is 8.98. The molecule has 0 unspecified atom stereocenters. The van der Waals surface area contributed by atoms with E-state index in [1.165, 1.54) is 4.68 Å². The molecule has 0 aliphatic rings. The number of aryl methyl sites for hydroxylation is 1. The first-order chi connectivity index (χ1) is 13.0. The Morgan fingerprint density at radius 2 is 2.15 bits per heavy atom. The second-order valence-corrected chi connectivity index (χ2v) is 6.58. The van der Waals surface area contributed by atoms with Crippen LogP contribution in [0, 0.1) is 6.92 Å². The van der Waals surface area contributed by atoms with Crippen LogP contribution in [0.25, 0.3) is 10.9 Å². The quantitative estimate of drug-likeness (QED) is 0.441. The predicted molar refractivity (Wildman–Crippen MR) is 110 cm³/mol. The number of methoxy groups -OCH3 is 1. The molecule has 2 aromatic carbocycles. The van der Waals surface area contributed by atoms with Gasteiger partial charge in [-0.1, -0.05) is 34.7 Å². The predicted octanol–water partition coefficient (Wildman–Crippen LogP) is 3.92. The van der Waals surface area contributed by atoms with E-state index in [2.05, 4.69) is 32.6 Å². The fourth-order valence-electron chi connectivity index (χ4n) is 2.61. The number of fused-ring (bicyclic) bond motifs is 1. The van der Waals surface area contributed by atoms with Crippen molar-refractivity contribution in [2.24, 2.45) is 5.10 Å². The summed E-state index contributed by atoms with van der Waals surface area (Å²) in [5, 5.41) is 4.83. The van der Waals surface area contributed by atoms with E-state index in [4.69, 9.17) is 9.47 Å². The lowest BCUT2D eigenvalue weighted by Gasteiger charge is -2.12. The highest BCUT2D eigenvalue weighted by Crippen LogP contribution is 2.30. The fraction of sp³-hybridized carbons (Fsp3) is 0.150. The Kier molecular flexibility index (Phi) is 5.71. The van der Waals surface area contributed by atoms with Crippen molar-refractivity contribution in [2.45, 2.75) is 6.92 Å². The third-order valence-corrected chi connectivity index (χ3v) is 4.35. The van der Waals surface area contributed by atoms with E-state index < -0.39 is 0 Å². The smallest absolute Gasteiger partial charge is 0.282 e. The van der Waals surface area contributed by atoms with Crippen LogP contribution in [0.3, 0.4) is 0 Å². The maximum atomic E-state index is 12.8. The van der Waals surface area contributed by atoms with Gasteiger partial charge in [-0.05, 0) is 37.3 Å². The molecule has 0 spiro atoms. The van der Waals surface area contributed by atoms with Gasteiger partial charge in [-0.15, -0.1) is 0 Å². The van der Waals surface area contributed by atoms with Crippen molar-refractivity contribution in [1.29, 1.82) is 0 Å². The molecule has 0 saturated carbocycles. The Labute approximate surface area is 164 Å². The van der Waals surface area contributed by atoms with Crippen molar-refractivity contribution in [3.63, 3.8) is 0 Å². The molecule has 1 aromatic heterocycles. The zero-order chi connectivity index (χ0) is 19.4. The van der Waals surface area contributed by atoms with Gasteiger partial charge in [-0.25, -0.2) is 4.98 Å². The van der Waals surface area contributed by atoms with Crippen LogP contribution in [0.4, 0.5) is 0 Å². The highest BCUT2D eigenvalue weighted by molar-refractivity contribution is 9.10. The molecule has 3 aromatic rings. The van der Waals surface area contributed by atoms with Crippen molar-refractivity contribution in [3.05, 3.63) is 75.3 Å². The molecule has 0 amide bonds. The third-order valence-electron chi connectivity index (χ3n) is 3.86. The summed E-state index contributed by atoms with van der Waals surface area (Å²) in [7, 11) is 1.57.